The molecule has 1 atom stereocenters. The Hall–Kier alpha value is -1.30. The first-order valence-electron chi connectivity index (χ1n) is 6.34. The third kappa shape index (κ3) is 11.5. The van der Waals surface area contributed by atoms with Crippen molar-refractivity contribution >= 4 is 12.1 Å². The maximum absolute atomic E-state index is 11.5. The summed E-state index contributed by atoms with van der Waals surface area (Å²) in [6, 6.07) is 0. The third-order valence-electron chi connectivity index (χ3n) is 1.71. The Kier molecular flexibility index (Phi) is 6.29. The zero-order valence-corrected chi connectivity index (χ0v) is 12.9. The molecule has 0 saturated heterocycles. The van der Waals surface area contributed by atoms with E-state index in [1.165, 1.54) is 0 Å². The second-order valence-corrected chi connectivity index (χ2v) is 6.34. The average Bonchev–Trinajstić information content (AvgIpc) is 2.08. The van der Waals surface area contributed by atoms with Gasteiger partial charge in [-0.3, -0.25) is 10.1 Å². The smallest absolute Gasteiger partial charge is 0.408 e. The minimum absolute atomic E-state index is 0.0221. The number of hydrogen-bond acceptors (Lipinski definition) is 5. The van der Waals surface area contributed by atoms with Crippen LogP contribution in [0.25, 0.3) is 0 Å². The molecule has 6 nitrogen and oxygen atoms in total. The molecule has 0 fully saturated rings. The molecule has 0 saturated carbocycles. The normalized spacial score (nSPS) is 13.6. The van der Waals surface area contributed by atoms with Gasteiger partial charge >= 0.3 is 12.1 Å². The van der Waals surface area contributed by atoms with Crippen molar-refractivity contribution in [3.63, 3.8) is 0 Å². The average molecular weight is 274 g/mol. The largest absolute Gasteiger partial charge is 0.459 e. The fourth-order valence-electron chi connectivity index (χ4n) is 1.15. The molecule has 19 heavy (non-hydrogen) atoms. The summed E-state index contributed by atoms with van der Waals surface area (Å²) in [6.07, 6.45) is -0.918. The van der Waals surface area contributed by atoms with Gasteiger partial charge in [0.2, 0.25) is 0 Å². The van der Waals surface area contributed by atoms with E-state index < -0.39 is 17.3 Å². The quantitative estimate of drug-likeness (QED) is 0.603. The number of carbonyl (C=O) groups excluding carboxylic acids is 2. The zero-order valence-electron chi connectivity index (χ0n) is 12.9. The van der Waals surface area contributed by atoms with E-state index in [0.29, 0.717) is 0 Å². The molecule has 0 aromatic heterocycles. The van der Waals surface area contributed by atoms with Crippen LogP contribution in [0.2, 0.25) is 0 Å². The summed E-state index contributed by atoms with van der Waals surface area (Å²) < 4.78 is 10.2. The van der Waals surface area contributed by atoms with Crippen LogP contribution >= 0.6 is 0 Å². The number of amides is 1. The molecule has 0 bridgehead atoms. The number of carbonyl (C=O) groups is 2. The van der Waals surface area contributed by atoms with Crippen LogP contribution in [0.5, 0.6) is 0 Å². The summed E-state index contributed by atoms with van der Waals surface area (Å²) in [5.41, 5.74) is -1.06. The Labute approximate surface area is 115 Å². The zero-order chi connectivity index (χ0) is 15.3. The summed E-state index contributed by atoms with van der Waals surface area (Å²) >= 11 is 0. The van der Waals surface area contributed by atoms with Crippen LogP contribution in [0.3, 0.4) is 0 Å². The molecule has 0 radical (unpaired) electrons. The minimum Gasteiger partial charge on any atom is -0.459 e. The van der Waals surface area contributed by atoms with Crippen LogP contribution in [0.4, 0.5) is 4.79 Å². The van der Waals surface area contributed by atoms with Gasteiger partial charge in [0.15, 0.2) is 0 Å². The predicted octanol–water partition coefficient (Wildman–Crippen LogP) is 1.79. The standard InChI is InChI=1S/C13H26N2O4/c1-9(15-11(17)19-13(5,6)7)14-8-10(16)18-12(2,3)4/h9,14H,8H2,1-7H3,(H,15,17). The van der Waals surface area contributed by atoms with Crippen LogP contribution < -0.4 is 10.6 Å². The lowest BCUT2D eigenvalue weighted by Crippen LogP contribution is -2.47. The number of ether oxygens (including phenoxy) is 2. The molecule has 0 heterocycles. The van der Waals surface area contributed by atoms with Crippen molar-refractivity contribution in [1.29, 1.82) is 0 Å². The first-order valence-corrected chi connectivity index (χ1v) is 6.34. The first-order chi connectivity index (χ1) is 8.39. The highest BCUT2D eigenvalue weighted by atomic mass is 16.6. The SMILES string of the molecule is CC(NCC(=O)OC(C)(C)C)NC(=O)OC(C)(C)C. The number of esters is 1. The summed E-state index contributed by atoms with van der Waals surface area (Å²) in [5, 5.41) is 5.41. The van der Waals surface area contributed by atoms with E-state index >= 15 is 0 Å². The van der Waals surface area contributed by atoms with Crippen molar-refractivity contribution in [3.8, 4) is 0 Å². The maximum atomic E-state index is 11.5. The van der Waals surface area contributed by atoms with E-state index in [4.69, 9.17) is 9.47 Å². The van der Waals surface area contributed by atoms with Crippen molar-refractivity contribution in [2.24, 2.45) is 0 Å². The first kappa shape index (κ1) is 17.7. The van der Waals surface area contributed by atoms with E-state index in [0.717, 1.165) is 0 Å². The van der Waals surface area contributed by atoms with Crippen LogP contribution in [0.1, 0.15) is 48.5 Å². The summed E-state index contributed by atoms with van der Waals surface area (Å²) in [6.45, 7) is 12.5. The van der Waals surface area contributed by atoms with Gasteiger partial charge in [0.1, 0.15) is 11.2 Å². The highest BCUT2D eigenvalue weighted by molar-refractivity contribution is 5.72. The lowest BCUT2D eigenvalue weighted by Gasteiger charge is -2.23. The molecule has 0 aromatic rings. The second-order valence-electron chi connectivity index (χ2n) is 6.34. The highest BCUT2D eigenvalue weighted by Crippen LogP contribution is 2.07. The molecule has 112 valence electrons. The van der Waals surface area contributed by atoms with Crippen molar-refractivity contribution in [2.45, 2.75) is 65.8 Å². The summed E-state index contributed by atoms with van der Waals surface area (Å²) in [5.74, 6) is -0.370. The van der Waals surface area contributed by atoms with Gasteiger partial charge in [0.05, 0.1) is 12.7 Å². The Morgan fingerprint density at radius 2 is 1.47 bits per heavy atom. The highest BCUT2D eigenvalue weighted by Gasteiger charge is 2.19. The van der Waals surface area contributed by atoms with E-state index in [-0.39, 0.29) is 18.7 Å². The molecule has 0 aliphatic carbocycles. The topological polar surface area (TPSA) is 76.7 Å². The van der Waals surface area contributed by atoms with Gasteiger partial charge in [-0.1, -0.05) is 0 Å². The van der Waals surface area contributed by atoms with E-state index in [2.05, 4.69) is 10.6 Å². The minimum atomic E-state index is -0.547. The van der Waals surface area contributed by atoms with E-state index in [1.54, 1.807) is 48.5 Å². The van der Waals surface area contributed by atoms with Crippen molar-refractivity contribution in [2.75, 3.05) is 6.54 Å². The van der Waals surface area contributed by atoms with Gasteiger partial charge in [0, 0.05) is 0 Å². The lowest BCUT2D eigenvalue weighted by atomic mass is 10.2. The molecular formula is C13H26N2O4. The number of rotatable bonds is 4. The predicted molar refractivity (Wildman–Crippen MR) is 72.7 cm³/mol. The van der Waals surface area contributed by atoms with Crippen molar-refractivity contribution < 1.29 is 19.1 Å². The van der Waals surface area contributed by atoms with E-state index in [9.17, 15) is 9.59 Å². The van der Waals surface area contributed by atoms with Gasteiger partial charge in [-0.2, -0.15) is 0 Å². The van der Waals surface area contributed by atoms with Crippen molar-refractivity contribution in [1.82, 2.24) is 10.6 Å². The number of hydrogen-bond donors (Lipinski definition) is 2. The van der Waals surface area contributed by atoms with Gasteiger partial charge in [-0.15, -0.1) is 0 Å². The fourth-order valence-corrected chi connectivity index (χ4v) is 1.15. The molecule has 0 aromatic carbocycles. The van der Waals surface area contributed by atoms with Gasteiger partial charge in [-0.05, 0) is 48.5 Å². The molecule has 6 heteroatoms. The van der Waals surface area contributed by atoms with Crippen LogP contribution in [-0.2, 0) is 14.3 Å². The van der Waals surface area contributed by atoms with E-state index in [1.807, 2.05) is 0 Å². The van der Waals surface area contributed by atoms with Gasteiger partial charge < -0.3 is 14.8 Å². The number of alkyl carbamates (subject to hydrolysis) is 1. The summed E-state index contributed by atoms with van der Waals surface area (Å²) in [4.78, 5) is 22.9. The van der Waals surface area contributed by atoms with Crippen LogP contribution in [0.15, 0.2) is 0 Å². The second kappa shape index (κ2) is 6.75. The van der Waals surface area contributed by atoms with Crippen molar-refractivity contribution in [3.05, 3.63) is 0 Å². The third-order valence-corrected chi connectivity index (χ3v) is 1.71. The Morgan fingerprint density at radius 1 is 1.00 bits per heavy atom. The maximum Gasteiger partial charge on any atom is 0.408 e. The Morgan fingerprint density at radius 3 is 1.89 bits per heavy atom. The molecule has 2 N–H and O–H groups in total. The Bertz CT molecular complexity index is 316. The number of nitrogens with one attached hydrogen (secondary N) is 2. The monoisotopic (exact) mass is 274 g/mol. The molecule has 0 rings (SSSR count). The summed E-state index contributed by atoms with van der Waals surface area (Å²) in [7, 11) is 0. The van der Waals surface area contributed by atoms with Crippen LogP contribution in [-0.4, -0.2) is 36.0 Å². The molecular weight excluding hydrogens is 248 g/mol. The molecule has 1 amide bonds. The van der Waals surface area contributed by atoms with Gasteiger partial charge in [0.25, 0.3) is 0 Å². The van der Waals surface area contributed by atoms with Gasteiger partial charge in [-0.25, -0.2) is 4.79 Å². The fraction of sp³-hybridized carbons (Fsp3) is 0.846. The lowest BCUT2D eigenvalue weighted by molar-refractivity contribution is -0.153. The Balaban J connectivity index is 3.96. The molecule has 0 spiro atoms. The molecule has 0 aliphatic rings. The molecule has 1 unspecified atom stereocenters. The molecule has 0 aliphatic heterocycles. The van der Waals surface area contributed by atoms with Crippen LogP contribution in [0, 0.1) is 0 Å².